The highest BCUT2D eigenvalue weighted by atomic mass is 32.2. The quantitative estimate of drug-likeness (QED) is 0.260. The third-order valence-electron chi connectivity index (χ3n) is 6.79. The molecule has 3 aromatic carbocycles. The van der Waals surface area contributed by atoms with Gasteiger partial charge in [-0.25, -0.2) is 12.8 Å². The molecule has 0 aliphatic carbocycles. The van der Waals surface area contributed by atoms with Gasteiger partial charge in [0.25, 0.3) is 0 Å². The number of halogens is 1. The molecular formula is C30H34FN3O5S. The molecule has 1 amide bonds. The van der Waals surface area contributed by atoms with Crippen molar-refractivity contribution in [1.82, 2.24) is 14.2 Å². The largest absolute Gasteiger partial charge is 0.493 e. The van der Waals surface area contributed by atoms with Crippen LogP contribution in [0, 0.1) is 5.82 Å². The van der Waals surface area contributed by atoms with Gasteiger partial charge in [0, 0.05) is 36.2 Å². The number of amides is 1. The van der Waals surface area contributed by atoms with Crippen molar-refractivity contribution in [2.45, 2.75) is 37.8 Å². The van der Waals surface area contributed by atoms with Crippen LogP contribution in [-0.2, 0) is 27.8 Å². The van der Waals surface area contributed by atoms with Gasteiger partial charge in [-0.15, -0.1) is 0 Å². The van der Waals surface area contributed by atoms with Crippen molar-refractivity contribution in [3.8, 4) is 11.5 Å². The van der Waals surface area contributed by atoms with Crippen LogP contribution < -0.4 is 9.47 Å². The minimum atomic E-state index is -4.05. The van der Waals surface area contributed by atoms with Crippen molar-refractivity contribution in [3.63, 3.8) is 0 Å². The summed E-state index contributed by atoms with van der Waals surface area (Å²) in [6, 6.07) is 17.5. The number of rotatable bonds is 12. The number of aromatic amines is 1. The fraction of sp³-hybridized carbons (Fsp3) is 0.300. The molecule has 40 heavy (non-hydrogen) atoms. The molecule has 0 bridgehead atoms. The molecule has 0 radical (unpaired) electrons. The zero-order valence-corrected chi connectivity index (χ0v) is 23.9. The number of fused-ring (bicyclic) bond motifs is 1. The Morgan fingerprint density at radius 1 is 0.975 bits per heavy atom. The average Bonchev–Trinajstić information content (AvgIpc) is 3.36. The molecule has 1 heterocycles. The topological polar surface area (TPSA) is 91.9 Å². The summed E-state index contributed by atoms with van der Waals surface area (Å²) in [6.07, 6.45) is 2.50. The SMILES string of the molecule is COc1ccc(CN(CCc2c[nH]c3ccccc23)C(=O)CN(C(C)C)S(=O)(=O)c2ccc(F)cc2)cc1OC. The van der Waals surface area contributed by atoms with E-state index in [0.717, 1.165) is 38.5 Å². The molecule has 4 rings (SSSR count). The van der Waals surface area contributed by atoms with Crippen molar-refractivity contribution in [1.29, 1.82) is 0 Å². The van der Waals surface area contributed by atoms with E-state index in [4.69, 9.17) is 9.47 Å². The van der Waals surface area contributed by atoms with Crippen LogP contribution in [0.25, 0.3) is 10.9 Å². The van der Waals surface area contributed by atoms with Crippen LogP contribution in [0.4, 0.5) is 4.39 Å². The molecule has 0 saturated heterocycles. The van der Waals surface area contributed by atoms with Crippen LogP contribution in [-0.4, -0.2) is 61.9 Å². The predicted molar refractivity (Wildman–Crippen MR) is 152 cm³/mol. The van der Waals surface area contributed by atoms with Gasteiger partial charge in [-0.2, -0.15) is 4.31 Å². The van der Waals surface area contributed by atoms with E-state index >= 15 is 0 Å². The summed E-state index contributed by atoms with van der Waals surface area (Å²) in [7, 11) is -0.951. The zero-order valence-electron chi connectivity index (χ0n) is 23.1. The van der Waals surface area contributed by atoms with E-state index in [1.807, 2.05) is 36.5 Å². The van der Waals surface area contributed by atoms with Crippen LogP contribution in [0.5, 0.6) is 11.5 Å². The Kier molecular flexibility index (Phi) is 9.11. The molecule has 1 aromatic heterocycles. The van der Waals surface area contributed by atoms with Gasteiger partial charge in [-0.1, -0.05) is 24.3 Å². The normalized spacial score (nSPS) is 11.8. The molecule has 212 valence electrons. The monoisotopic (exact) mass is 567 g/mol. The molecule has 4 aromatic rings. The molecular weight excluding hydrogens is 533 g/mol. The van der Waals surface area contributed by atoms with E-state index < -0.39 is 21.9 Å². The molecule has 8 nitrogen and oxygen atoms in total. The summed E-state index contributed by atoms with van der Waals surface area (Å²) in [5.74, 6) is 0.213. The van der Waals surface area contributed by atoms with Gasteiger partial charge in [-0.05, 0) is 73.9 Å². The number of nitrogens with one attached hydrogen (secondary N) is 1. The van der Waals surface area contributed by atoms with Crippen LogP contribution in [0.1, 0.15) is 25.0 Å². The highest BCUT2D eigenvalue weighted by Gasteiger charge is 2.31. The second-order valence-corrected chi connectivity index (χ2v) is 11.6. The van der Waals surface area contributed by atoms with E-state index in [0.29, 0.717) is 24.5 Å². The number of hydrogen-bond acceptors (Lipinski definition) is 5. The second kappa shape index (κ2) is 12.5. The molecule has 0 aliphatic heterocycles. The summed E-state index contributed by atoms with van der Waals surface area (Å²) < 4.78 is 52.3. The Bertz CT molecular complexity index is 1570. The number of benzene rings is 3. The lowest BCUT2D eigenvalue weighted by molar-refractivity contribution is -0.132. The molecule has 0 aliphatic rings. The first-order valence-corrected chi connectivity index (χ1v) is 14.4. The Morgan fingerprint density at radius 3 is 2.35 bits per heavy atom. The number of nitrogens with zero attached hydrogens (tertiary/aromatic N) is 2. The van der Waals surface area contributed by atoms with Gasteiger partial charge >= 0.3 is 0 Å². The zero-order chi connectivity index (χ0) is 28.9. The van der Waals surface area contributed by atoms with Crippen molar-refractivity contribution in [3.05, 3.63) is 89.9 Å². The molecule has 0 fully saturated rings. The summed E-state index contributed by atoms with van der Waals surface area (Å²) >= 11 is 0. The third kappa shape index (κ3) is 6.46. The van der Waals surface area contributed by atoms with Crippen molar-refractivity contribution in [2.24, 2.45) is 0 Å². The Labute approximate surface area is 234 Å². The van der Waals surface area contributed by atoms with Gasteiger partial charge in [0.1, 0.15) is 5.82 Å². The van der Waals surface area contributed by atoms with Crippen molar-refractivity contribution in [2.75, 3.05) is 27.3 Å². The lowest BCUT2D eigenvalue weighted by Gasteiger charge is -2.29. The fourth-order valence-electron chi connectivity index (χ4n) is 4.61. The number of sulfonamides is 1. The van der Waals surface area contributed by atoms with Gasteiger partial charge in [0.05, 0.1) is 25.7 Å². The van der Waals surface area contributed by atoms with Crippen LogP contribution in [0.15, 0.2) is 77.8 Å². The average molecular weight is 568 g/mol. The summed E-state index contributed by atoms with van der Waals surface area (Å²) in [5, 5.41) is 1.07. The van der Waals surface area contributed by atoms with Gasteiger partial charge in [-0.3, -0.25) is 4.79 Å². The number of carbonyl (C=O) groups is 1. The van der Waals surface area contributed by atoms with E-state index in [9.17, 15) is 17.6 Å². The van der Waals surface area contributed by atoms with Gasteiger partial charge < -0.3 is 19.4 Å². The van der Waals surface area contributed by atoms with Gasteiger partial charge in [0.15, 0.2) is 11.5 Å². The van der Waals surface area contributed by atoms with Crippen LogP contribution >= 0.6 is 0 Å². The Morgan fingerprint density at radius 2 is 1.68 bits per heavy atom. The standard InChI is InChI=1S/C30H34FN3O5S/c1-21(2)34(40(36,37)25-12-10-24(31)11-13-25)20-30(35)33(19-22-9-14-28(38-3)29(17-22)39-4)16-15-23-18-32-27-8-6-5-7-26(23)27/h5-14,17-18,21,32H,15-16,19-20H2,1-4H3. The predicted octanol–water partition coefficient (Wildman–Crippen LogP) is 4.99. The first kappa shape index (κ1) is 29.1. The van der Waals surface area contributed by atoms with E-state index in [1.165, 1.54) is 12.1 Å². The van der Waals surface area contributed by atoms with Crippen LogP contribution in [0.3, 0.4) is 0 Å². The third-order valence-corrected chi connectivity index (χ3v) is 8.82. The Hall–Kier alpha value is -3.89. The van der Waals surface area contributed by atoms with E-state index in [2.05, 4.69) is 4.98 Å². The number of hydrogen-bond donors (Lipinski definition) is 1. The van der Waals surface area contributed by atoms with Gasteiger partial charge in [0.2, 0.25) is 15.9 Å². The minimum Gasteiger partial charge on any atom is -0.493 e. The number of aromatic nitrogens is 1. The molecule has 10 heteroatoms. The maximum atomic E-state index is 13.8. The maximum absolute atomic E-state index is 13.8. The first-order valence-electron chi connectivity index (χ1n) is 12.9. The smallest absolute Gasteiger partial charge is 0.243 e. The maximum Gasteiger partial charge on any atom is 0.243 e. The molecule has 1 N–H and O–H groups in total. The minimum absolute atomic E-state index is 0.0689. The number of H-pyrrole nitrogens is 1. The number of methoxy groups -OCH3 is 2. The molecule has 0 saturated carbocycles. The van der Waals surface area contributed by atoms with Crippen LogP contribution in [0.2, 0.25) is 0 Å². The van der Waals surface area contributed by atoms with E-state index in [1.54, 1.807) is 45.1 Å². The lowest BCUT2D eigenvalue weighted by Crippen LogP contribution is -2.46. The van der Waals surface area contributed by atoms with E-state index in [-0.39, 0.29) is 23.9 Å². The summed E-state index contributed by atoms with van der Waals surface area (Å²) in [6.45, 7) is 3.65. The number of ether oxygens (including phenoxy) is 2. The number of para-hydroxylation sites is 1. The van der Waals surface area contributed by atoms with Crippen molar-refractivity contribution >= 4 is 26.8 Å². The highest BCUT2D eigenvalue weighted by Crippen LogP contribution is 2.28. The first-order chi connectivity index (χ1) is 19.1. The molecule has 0 spiro atoms. The highest BCUT2D eigenvalue weighted by molar-refractivity contribution is 7.89. The Balaban J connectivity index is 1.62. The van der Waals surface area contributed by atoms with Crippen molar-refractivity contribution < 1.29 is 27.1 Å². The molecule has 0 unspecified atom stereocenters. The summed E-state index contributed by atoms with van der Waals surface area (Å²) in [4.78, 5) is 18.6. The lowest BCUT2D eigenvalue weighted by atomic mass is 10.1. The molecule has 0 atom stereocenters. The number of carbonyl (C=O) groups excluding carboxylic acids is 1. The second-order valence-electron chi connectivity index (χ2n) is 9.71. The summed E-state index contributed by atoms with van der Waals surface area (Å²) in [5.41, 5.74) is 2.87. The fourth-order valence-corrected chi connectivity index (χ4v) is 6.19.